The van der Waals surface area contributed by atoms with E-state index in [1.54, 1.807) is 6.26 Å². The SMILES string of the molecule is CC1CCC(NCC(O)c2ccco2)C(C)C1. The highest BCUT2D eigenvalue weighted by molar-refractivity contribution is 5.02. The Kier molecular flexibility index (Phi) is 4.24. The summed E-state index contributed by atoms with van der Waals surface area (Å²) in [6.45, 7) is 5.20. The third-order valence-corrected chi connectivity index (χ3v) is 3.88. The number of rotatable bonds is 4. The first-order chi connectivity index (χ1) is 8.16. The molecule has 1 aliphatic carbocycles. The van der Waals surface area contributed by atoms with Crippen LogP contribution in [0.25, 0.3) is 0 Å². The molecule has 0 aromatic carbocycles. The smallest absolute Gasteiger partial charge is 0.133 e. The summed E-state index contributed by atoms with van der Waals surface area (Å²) in [5, 5.41) is 13.4. The second-order valence-corrected chi connectivity index (χ2v) is 5.44. The van der Waals surface area contributed by atoms with Gasteiger partial charge in [0.15, 0.2) is 0 Å². The molecule has 1 aliphatic rings. The van der Waals surface area contributed by atoms with Gasteiger partial charge >= 0.3 is 0 Å². The topological polar surface area (TPSA) is 45.4 Å². The van der Waals surface area contributed by atoms with E-state index in [1.165, 1.54) is 19.3 Å². The summed E-state index contributed by atoms with van der Waals surface area (Å²) in [4.78, 5) is 0. The quantitative estimate of drug-likeness (QED) is 0.846. The van der Waals surface area contributed by atoms with Crippen molar-refractivity contribution in [1.29, 1.82) is 0 Å². The highest BCUT2D eigenvalue weighted by atomic mass is 16.4. The van der Waals surface area contributed by atoms with Crippen molar-refractivity contribution in [2.24, 2.45) is 11.8 Å². The lowest BCUT2D eigenvalue weighted by Gasteiger charge is -2.33. The van der Waals surface area contributed by atoms with Crippen molar-refractivity contribution in [3.8, 4) is 0 Å². The van der Waals surface area contributed by atoms with Gasteiger partial charge in [0.2, 0.25) is 0 Å². The molecule has 4 unspecified atom stereocenters. The van der Waals surface area contributed by atoms with Gasteiger partial charge in [-0.3, -0.25) is 0 Å². The Morgan fingerprint density at radius 3 is 2.94 bits per heavy atom. The van der Waals surface area contributed by atoms with Crippen LogP contribution >= 0.6 is 0 Å². The van der Waals surface area contributed by atoms with Crippen molar-refractivity contribution in [3.05, 3.63) is 24.2 Å². The van der Waals surface area contributed by atoms with Crippen molar-refractivity contribution >= 4 is 0 Å². The summed E-state index contributed by atoms with van der Waals surface area (Å²) in [7, 11) is 0. The molecule has 1 aromatic heterocycles. The van der Waals surface area contributed by atoms with Gasteiger partial charge in [0.05, 0.1) is 6.26 Å². The lowest BCUT2D eigenvalue weighted by Crippen LogP contribution is -2.40. The number of nitrogens with one attached hydrogen (secondary N) is 1. The third kappa shape index (κ3) is 3.33. The van der Waals surface area contributed by atoms with E-state index in [9.17, 15) is 5.11 Å². The van der Waals surface area contributed by atoms with Gasteiger partial charge in [-0.2, -0.15) is 0 Å². The van der Waals surface area contributed by atoms with Gasteiger partial charge in [0, 0.05) is 12.6 Å². The monoisotopic (exact) mass is 237 g/mol. The fraction of sp³-hybridized carbons (Fsp3) is 0.714. The van der Waals surface area contributed by atoms with Crippen LogP contribution in [0.15, 0.2) is 22.8 Å². The lowest BCUT2D eigenvalue weighted by molar-refractivity contribution is 0.130. The molecule has 0 saturated heterocycles. The van der Waals surface area contributed by atoms with Crippen LogP contribution in [-0.4, -0.2) is 17.7 Å². The summed E-state index contributed by atoms with van der Waals surface area (Å²) in [5.41, 5.74) is 0. The maximum absolute atomic E-state index is 9.92. The van der Waals surface area contributed by atoms with E-state index in [2.05, 4.69) is 19.2 Å². The minimum absolute atomic E-state index is 0.531. The number of aliphatic hydroxyl groups excluding tert-OH is 1. The molecule has 2 rings (SSSR count). The van der Waals surface area contributed by atoms with Crippen LogP contribution in [-0.2, 0) is 0 Å². The van der Waals surface area contributed by atoms with Crippen molar-refractivity contribution in [3.63, 3.8) is 0 Å². The van der Waals surface area contributed by atoms with E-state index in [1.807, 2.05) is 12.1 Å². The van der Waals surface area contributed by atoms with Crippen LogP contribution in [0.5, 0.6) is 0 Å². The molecule has 0 aliphatic heterocycles. The second kappa shape index (κ2) is 5.69. The Hall–Kier alpha value is -0.800. The molecule has 0 radical (unpaired) electrons. The zero-order chi connectivity index (χ0) is 12.3. The minimum atomic E-state index is -0.531. The number of furan rings is 1. The first-order valence-corrected chi connectivity index (χ1v) is 6.61. The molecule has 17 heavy (non-hydrogen) atoms. The Bertz CT molecular complexity index is 323. The number of hydrogen-bond acceptors (Lipinski definition) is 3. The van der Waals surface area contributed by atoms with Crippen LogP contribution in [0.2, 0.25) is 0 Å². The molecule has 96 valence electrons. The zero-order valence-electron chi connectivity index (χ0n) is 10.7. The van der Waals surface area contributed by atoms with Gasteiger partial charge < -0.3 is 14.8 Å². The average molecular weight is 237 g/mol. The minimum Gasteiger partial charge on any atom is -0.467 e. The molecule has 1 heterocycles. The van der Waals surface area contributed by atoms with Crippen LogP contribution in [0.1, 0.15) is 45.0 Å². The summed E-state index contributed by atoms with van der Waals surface area (Å²) >= 11 is 0. The molecule has 3 heteroatoms. The highest BCUT2D eigenvalue weighted by Gasteiger charge is 2.25. The third-order valence-electron chi connectivity index (χ3n) is 3.88. The van der Waals surface area contributed by atoms with Crippen LogP contribution in [0.3, 0.4) is 0 Å². The molecule has 1 fully saturated rings. The molecule has 0 spiro atoms. The molecular formula is C14H23NO2. The number of hydrogen-bond donors (Lipinski definition) is 2. The van der Waals surface area contributed by atoms with E-state index in [0.717, 1.165) is 5.92 Å². The molecule has 3 nitrogen and oxygen atoms in total. The van der Waals surface area contributed by atoms with Gasteiger partial charge in [-0.25, -0.2) is 0 Å². The molecule has 1 aromatic rings. The maximum atomic E-state index is 9.92. The predicted molar refractivity (Wildman–Crippen MR) is 67.6 cm³/mol. The van der Waals surface area contributed by atoms with Crippen molar-refractivity contribution < 1.29 is 9.52 Å². The largest absolute Gasteiger partial charge is 0.467 e. The van der Waals surface area contributed by atoms with Gasteiger partial charge in [0.25, 0.3) is 0 Å². The summed E-state index contributed by atoms with van der Waals surface area (Å²) in [6, 6.07) is 4.16. The van der Waals surface area contributed by atoms with Gasteiger partial charge in [-0.15, -0.1) is 0 Å². The molecule has 1 saturated carbocycles. The van der Waals surface area contributed by atoms with Gasteiger partial charge in [0.1, 0.15) is 11.9 Å². The number of aliphatic hydroxyl groups is 1. The molecular weight excluding hydrogens is 214 g/mol. The van der Waals surface area contributed by atoms with E-state index < -0.39 is 6.10 Å². The van der Waals surface area contributed by atoms with E-state index in [4.69, 9.17) is 4.42 Å². The van der Waals surface area contributed by atoms with Crippen molar-refractivity contribution in [2.45, 2.75) is 45.3 Å². The Balaban J connectivity index is 1.78. The fourth-order valence-corrected chi connectivity index (χ4v) is 2.81. The van der Waals surface area contributed by atoms with E-state index >= 15 is 0 Å². The van der Waals surface area contributed by atoms with Crippen molar-refractivity contribution in [1.82, 2.24) is 5.32 Å². The predicted octanol–water partition coefficient (Wildman–Crippen LogP) is 2.73. The van der Waals surface area contributed by atoms with Crippen LogP contribution < -0.4 is 5.32 Å². The molecule has 2 N–H and O–H groups in total. The maximum Gasteiger partial charge on any atom is 0.133 e. The van der Waals surface area contributed by atoms with Crippen LogP contribution in [0.4, 0.5) is 0 Å². The summed E-state index contributed by atoms with van der Waals surface area (Å²) in [5.74, 6) is 2.19. The first kappa shape index (κ1) is 12.7. The normalized spacial score (nSPS) is 31.4. The average Bonchev–Trinajstić information content (AvgIpc) is 2.81. The Labute approximate surface area is 103 Å². The summed E-state index contributed by atoms with van der Waals surface area (Å²) in [6.07, 6.45) is 4.86. The standard InChI is InChI=1S/C14H23NO2/c1-10-5-6-12(11(2)8-10)15-9-13(16)14-4-3-7-17-14/h3-4,7,10-13,15-16H,5-6,8-9H2,1-2H3. The highest BCUT2D eigenvalue weighted by Crippen LogP contribution is 2.28. The first-order valence-electron chi connectivity index (χ1n) is 6.61. The summed E-state index contributed by atoms with van der Waals surface area (Å²) < 4.78 is 5.19. The van der Waals surface area contributed by atoms with Crippen molar-refractivity contribution in [2.75, 3.05) is 6.54 Å². The van der Waals surface area contributed by atoms with E-state index in [0.29, 0.717) is 24.3 Å². The molecule has 4 atom stereocenters. The van der Waals surface area contributed by atoms with E-state index in [-0.39, 0.29) is 0 Å². The second-order valence-electron chi connectivity index (χ2n) is 5.44. The molecule has 0 amide bonds. The van der Waals surface area contributed by atoms with Crippen LogP contribution in [0, 0.1) is 11.8 Å². The zero-order valence-corrected chi connectivity index (χ0v) is 10.7. The molecule has 0 bridgehead atoms. The van der Waals surface area contributed by atoms with Gasteiger partial charge in [-0.1, -0.05) is 13.8 Å². The van der Waals surface area contributed by atoms with Gasteiger partial charge in [-0.05, 0) is 43.2 Å². The Morgan fingerprint density at radius 2 is 2.29 bits per heavy atom. The Morgan fingerprint density at radius 1 is 1.47 bits per heavy atom. The fourth-order valence-electron chi connectivity index (χ4n) is 2.81. The lowest BCUT2D eigenvalue weighted by atomic mass is 9.80.